The molecule has 0 aliphatic carbocycles. The van der Waals surface area contributed by atoms with Crippen molar-refractivity contribution in [3.8, 4) is 4.97 Å². The Morgan fingerprint density at radius 3 is 3.29 bits per heavy atom. The number of hydrogen-bond acceptors (Lipinski definition) is 4. The second-order valence-electron chi connectivity index (χ2n) is 2.20. The molecule has 1 aromatic heterocycles. The van der Waals surface area contributed by atoms with Crippen molar-refractivity contribution in [1.29, 1.82) is 5.26 Å². The number of esters is 1. The number of carbonyl (C=O) groups is 1. The number of hydrogen-bond donors (Lipinski definition) is 0. The monoisotopic (exact) mass is 257 g/mol. The first kappa shape index (κ1) is 10.6. The molecule has 1 heterocycles. The molecule has 4 nitrogen and oxygen atoms in total. The van der Waals surface area contributed by atoms with Crippen LogP contribution in [0, 0.1) is 10.2 Å². The van der Waals surface area contributed by atoms with Crippen LogP contribution in [-0.2, 0) is 16.1 Å². The van der Waals surface area contributed by atoms with Gasteiger partial charge in [0.2, 0.25) is 0 Å². The molecule has 5 heteroatoms. The molecule has 72 valence electrons. The second-order valence-corrected chi connectivity index (χ2v) is 3.65. The number of furan rings is 1. The zero-order chi connectivity index (χ0) is 10.2. The fourth-order valence-corrected chi connectivity index (χ4v) is 1.21. The first-order valence-corrected chi connectivity index (χ1v) is 5.58. The zero-order valence-corrected chi connectivity index (χ0v) is 8.89. The van der Waals surface area contributed by atoms with E-state index in [1.807, 2.05) is 4.97 Å². The van der Waals surface area contributed by atoms with Gasteiger partial charge in [0.15, 0.2) is 0 Å². The van der Waals surface area contributed by atoms with Crippen LogP contribution in [0.15, 0.2) is 33.9 Å². The van der Waals surface area contributed by atoms with Gasteiger partial charge in [-0.2, -0.15) is 0 Å². The van der Waals surface area contributed by atoms with Gasteiger partial charge in [0.05, 0.1) is 0 Å². The summed E-state index contributed by atoms with van der Waals surface area (Å²) in [5, 5.41) is 8.22. The predicted molar refractivity (Wildman–Crippen MR) is 49.0 cm³/mol. The van der Waals surface area contributed by atoms with Crippen LogP contribution in [0.2, 0.25) is 0 Å². The van der Waals surface area contributed by atoms with E-state index in [2.05, 4.69) is 0 Å². The summed E-state index contributed by atoms with van der Waals surface area (Å²) < 4.78 is 9.77. The number of nitrogens with zero attached hydrogens (tertiary/aromatic N) is 1. The van der Waals surface area contributed by atoms with Crippen molar-refractivity contribution in [3.63, 3.8) is 0 Å². The van der Waals surface area contributed by atoms with Crippen molar-refractivity contribution in [2.24, 2.45) is 0 Å². The van der Waals surface area contributed by atoms with Crippen LogP contribution >= 0.6 is 0 Å². The Hall–Kier alpha value is -1.50. The molecule has 0 bridgehead atoms. The topological polar surface area (TPSA) is 63.2 Å². The molecule has 0 saturated carbocycles. The van der Waals surface area contributed by atoms with Crippen LogP contribution < -0.4 is 0 Å². The molecule has 14 heavy (non-hydrogen) atoms. The van der Waals surface area contributed by atoms with E-state index in [9.17, 15) is 4.79 Å². The van der Waals surface area contributed by atoms with Crippen molar-refractivity contribution in [1.82, 2.24) is 0 Å². The summed E-state index contributed by atoms with van der Waals surface area (Å²) in [5.41, 5.74) is 0. The standard InChI is InChI=1S/C9H7NO3Se/c10-7-14-5-3-9(11)13-6-8-2-1-4-12-8/h1-5H,6H2/b5-3-. The summed E-state index contributed by atoms with van der Waals surface area (Å²) in [6.07, 6.45) is 2.77. The summed E-state index contributed by atoms with van der Waals surface area (Å²) >= 11 is -0.288. The van der Waals surface area contributed by atoms with Gasteiger partial charge in [-0.05, 0) is 0 Å². The SMILES string of the molecule is N#C[Se]/C=C\C(=O)OCc1ccco1. The third kappa shape index (κ3) is 3.94. The fourth-order valence-electron chi connectivity index (χ4n) is 0.705. The minimum absolute atomic E-state index is 0.121. The molecule has 1 rings (SSSR count). The molecule has 0 unspecified atom stereocenters. The second kappa shape index (κ2) is 6.03. The van der Waals surface area contributed by atoms with Crippen LogP contribution in [0.1, 0.15) is 5.76 Å². The Kier molecular flexibility index (Phi) is 4.56. The quantitative estimate of drug-likeness (QED) is 0.458. The summed E-state index contributed by atoms with van der Waals surface area (Å²) in [5.74, 6) is 0.135. The predicted octanol–water partition coefficient (Wildman–Crippen LogP) is 1.02. The third-order valence-corrected chi connectivity index (χ3v) is 2.05. The van der Waals surface area contributed by atoms with E-state index >= 15 is 0 Å². The Labute approximate surface area is 87.3 Å². The summed E-state index contributed by atoms with van der Waals surface area (Å²) in [7, 11) is 0. The molecular formula is C9H7NO3Se. The Morgan fingerprint density at radius 2 is 2.64 bits per heavy atom. The van der Waals surface area contributed by atoms with Gasteiger partial charge >= 0.3 is 86.9 Å². The van der Waals surface area contributed by atoms with Gasteiger partial charge in [-0.15, -0.1) is 0 Å². The minimum atomic E-state index is -0.460. The molecule has 0 radical (unpaired) electrons. The maximum atomic E-state index is 11.0. The fraction of sp³-hybridized carbons (Fsp3) is 0.111. The molecule has 0 aliphatic rings. The van der Waals surface area contributed by atoms with Crippen molar-refractivity contribution < 1.29 is 13.9 Å². The molecule has 0 aliphatic heterocycles. The Morgan fingerprint density at radius 1 is 1.79 bits per heavy atom. The van der Waals surface area contributed by atoms with Gasteiger partial charge in [-0.1, -0.05) is 0 Å². The van der Waals surface area contributed by atoms with E-state index < -0.39 is 5.97 Å². The molecule has 0 saturated heterocycles. The average Bonchev–Trinajstić information content (AvgIpc) is 2.68. The van der Waals surface area contributed by atoms with Gasteiger partial charge < -0.3 is 0 Å². The van der Waals surface area contributed by atoms with Crippen LogP contribution in [0.4, 0.5) is 0 Å². The molecule has 0 aromatic carbocycles. The molecule has 0 atom stereocenters. The van der Waals surface area contributed by atoms with Crippen molar-refractivity contribution in [3.05, 3.63) is 35.2 Å². The Bertz CT molecular complexity index is 351. The first-order valence-electron chi connectivity index (χ1n) is 3.73. The van der Waals surface area contributed by atoms with Gasteiger partial charge in [0.25, 0.3) is 0 Å². The van der Waals surface area contributed by atoms with Crippen LogP contribution in [0.3, 0.4) is 0 Å². The third-order valence-electron chi connectivity index (χ3n) is 1.26. The molecule has 1 aromatic rings. The van der Waals surface area contributed by atoms with E-state index in [4.69, 9.17) is 14.4 Å². The van der Waals surface area contributed by atoms with E-state index in [1.54, 1.807) is 12.1 Å². The normalized spacial score (nSPS) is 9.93. The van der Waals surface area contributed by atoms with Crippen molar-refractivity contribution in [2.75, 3.05) is 0 Å². The van der Waals surface area contributed by atoms with Crippen molar-refractivity contribution in [2.45, 2.75) is 6.61 Å². The molecule has 0 fully saturated rings. The Balaban J connectivity index is 2.26. The van der Waals surface area contributed by atoms with Gasteiger partial charge in [0, 0.05) is 0 Å². The number of ether oxygens (including phenoxy) is 1. The van der Waals surface area contributed by atoms with Crippen LogP contribution in [0.5, 0.6) is 0 Å². The summed E-state index contributed by atoms with van der Waals surface area (Å²) in [6, 6.07) is 3.44. The zero-order valence-electron chi connectivity index (χ0n) is 7.17. The molecular weight excluding hydrogens is 249 g/mol. The van der Waals surface area contributed by atoms with E-state index in [0.29, 0.717) is 5.76 Å². The summed E-state index contributed by atoms with van der Waals surface area (Å²) in [6.45, 7) is 0.121. The number of nitriles is 1. The van der Waals surface area contributed by atoms with Gasteiger partial charge in [-0.25, -0.2) is 0 Å². The maximum absolute atomic E-state index is 11.0. The van der Waals surface area contributed by atoms with E-state index in [-0.39, 0.29) is 21.6 Å². The number of rotatable bonds is 4. The van der Waals surface area contributed by atoms with Crippen molar-refractivity contribution >= 4 is 20.9 Å². The van der Waals surface area contributed by atoms with E-state index in [1.165, 1.54) is 17.3 Å². The van der Waals surface area contributed by atoms with Crippen LogP contribution in [-0.4, -0.2) is 20.9 Å². The summed E-state index contributed by atoms with van der Waals surface area (Å²) in [4.78, 5) is 14.4. The van der Waals surface area contributed by atoms with Gasteiger partial charge in [0.1, 0.15) is 0 Å². The molecule has 0 amide bonds. The van der Waals surface area contributed by atoms with Crippen LogP contribution in [0.25, 0.3) is 0 Å². The first-order chi connectivity index (χ1) is 6.83. The molecule has 0 spiro atoms. The molecule has 0 N–H and O–H groups in total. The average molecular weight is 256 g/mol. The number of carbonyl (C=O) groups excluding carboxylic acids is 1. The van der Waals surface area contributed by atoms with E-state index in [0.717, 1.165) is 0 Å². The van der Waals surface area contributed by atoms with Gasteiger partial charge in [-0.3, -0.25) is 0 Å².